The van der Waals surface area contributed by atoms with Gasteiger partial charge < -0.3 is 5.32 Å². The summed E-state index contributed by atoms with van der Waals surface area (Å²) in [6.07, 6.45) is 5.64. The van der Waals surface area contributed by atoms with Crippen molar-refractivity contribution in [3.05, 3.63) is 63.8 Å². The van der Waals surface area contributed by atoms with Gasteiger partial charge in [0.15, 0.2) is 11.5 Å². The number of amides is 2. The molecule has 6 rings (SSSR count). The average molecular weight is 531 g/mol. The Bertz CT molecular complexity index is 1500. The van der Waals surface area contributed by atoms with Gasteiger partial charge in [0.2, 0.25) is 5.91 Å². The number of hydrogen-bond donors (Lipinski definition) is 1. The molecule has 0 radical (unpaired) electrons. The first-order valence-electron chi connectivity index (χ1n) is 12.7. The molecular formula is C27H27ClN8O2. The Balaban J connectivity index is 1.10. The van der Waals surface area contributed by atoms with E-state index < -0.39 is 0 Å². The van der Waals surface area contributed by atoms with Crippen LogP contribution in [0.4, 0.5) is 5.82 Å². The Morgan fingerprint density at radius 2 is 2.13 bits per heavy atom. The number of carbonyl (C=O) groups is 2. The molecule has 194 valence electrons. The third kappa shape index (κ3) is 4.11. The summed E-state index contributed by atoms with van der Waals surface area (Å²) in [5.74, 6) is 1.08. The van der Waals surface area contributed by atoms with Gasteiger partial charge in [0, 0.05) is 23.5 Å². The quantitative estimate of drug-likeness (QED) is 0.517. The van der Waals surface area contributed by atoms with Gasteiger partial charge >= 0.3 is 0 Å². The van der Waals surface area contributed by atoms with Crippen LogP contribution in [-0.2, 0) is 10.2 Å². The molecule has 11 heteroatoms. The second-order valence-corrected chi connectivity index (χ2v) is 11.4. The van der Waals surface area contributed by atoms with Gasteiger partial charge in [-0.3, -0.25) is 19.5 Å². The highest BCUT2D eigenvalue weighted by molar-refractivity contribution is 6.30. The van der Waals surface area contributed by atoms with E-state index in [1.54, 1.807) is 34.1 Å². The number of aryl methyl sites for hydroxylation is 1. The Morgan fingerprint density at radius 3 is 2.82 bits per heavy atom. The van der Waals surface area contributed by atoms with Gasteiger partial charge in [0.1, 0.15) is 0 Å². The van der Waals surface area contributed by atoms with E-state index in [4.69, 9.17) is 11.6 Å². The number of anilines is 1. The molecule has 0 bridgehead atoms. The summed E-state index contributed by atoms with van der Waals surface area (Å²) in [6.45, 7) is 6.56. The van der Waals surface area contributed by atoms with Crippen molar-refractivity contribution in [2.45, 2.75) is 57.5 Å². The Labute approximate surface area is 225 Å². The molecule has 3 heterocycles. The van der Waals surface area contributed by atoms with Gasteiger partial charge in [0.25, 0.3) is 5.91 Å². The monoisotopic (exact) mass is 530 g/mol. The molecule has 1 aromatic carbocycles. The predicted octanol–water partition coefficient (Wildman–Crippen LogP) is 3.34. The zero-order chi connectivity index (χ0) is 26.8. The first kappa shape index (κ1) is 24.5. The molecule has 2 amide bonds. The van der Waals surface area contributed by atoms with E-state index in [1.165, 1.54) is 0 Å². The topological polar surface area (TPSA) is 130 Å². The molecule has 3 aromatic rings. The zero-order valence-corrected chi connectivity index (χ0v) is 22.1. The fourth-order valence-corrected chi connectivity index (χ4v) is 6.03. The summed E-state index contributed by atoms with van der Waals surface area (Å²) in [7, 11) is 0. The lowest BCUT2D eigenvalue weighted by Crippen LogP contribution is -2.52. The second-order valence-electron chi connectivity index (χ2n) is 11.0. The van der Waals surface area contributed by atoms with Crippen LogP contribution in [-0.4, -0.2) is 49.4 Å². The third-order valence-corrected chi connectivity index (χ3v) is 8.40. The fourth-order valence-electron chi connectivity index (χ4n) is 5.85. The van der Waals surface area contributed by atoms with Crippen molar-refractivity contribution in [1.29, 1.82) is 5.26 Å². The molecule has 0 spiro atoms. The molecule has 1 saturated heterocycles. The lowest BCUT2D eigenvalue weighted by atomic mass is 9.62. The van der Waals surface area contributed by atoms with Crippen LogP contribution in [0, 0.1) is 30.1 Å². The molecule has 3 atom stereocenters. The van der Waals surface area contributed by atoms with Crippen molar-refractivity contribution in [3.63, 3.8) is 0 Å². The minimum atomic E-state index is -0.300. The number of nitrogens with one attached hydrogen (secondary N) is 1. The molecule has 3 aliphatic rings. The summed E-state index contributed by atoms with van der Waals surface area (Å²) < 4.78 is 1.59. The summed E-state index contributed by atoms with van der Waals surface area (Å²) >= 11 is 6.17. The SMILES string of the molecule is Cc1nc([C@@H](C)n2cc(C(=O)NC3CC(C)(c4cc(Cl)ccc4C#N)C3)nn2)cnc1N1C[C@H]2C[C@H]2C1=O. The van der Waals surface area contributed by atoms with Crippen LogP contribution >= 0.6 is 11.6 Å². The number of nitriles is 1. The molecule has 1 N–H and O–H groups in total. The van der Waals surface area contributed by atoms with Gasteiger partial charge in [-0.05, 0) is 68.2 Å². The van der Waals surface area contributed by atoms with Crippen LogP contribution in [0.2, 0.25) is 5.02 Å². The Kier molecular flexibility index (Phi) is 5.72. The third-order valence-electron chi connectivity index (χ3n) is 8.17. The molecule has 2 aromatic heterocycles. The first-order chi connectivity index (χ1) is 18.2. The zero-order valence-electron chi connectivity index (χ0n) is 21.3. The van der Waals surface area contributed by atoms with E-state index in [-0.39, 0.29) is 40.9 Å². The van der Waals surface area contributed by atoms with Crippen LogP contribution in [0.5, 0.6) is 0 Å². The second kappa shape index (κ2) is 8.88. The molecule has 2 aliphatic carbocycles. The number of carbonyl (C=O) groups excluding carboxylic acids is 2. The fraction of sp³-hybridized carbons (Fsp3) is 0.444. The van der Waals surface area contributed by atoms with E-state index in [2.05, 4.69) is 38.6 Å². The van der Waals surface area contributed by atoms with Crippen LogP contribution in [0.25, 0.3) is 0 Å². The van der Waals surface area contributed by atoms with Crippen LogP contribution in [0.3, 0.4) is 0 Å². The minimum absolute atomic E-state index is 0.0407. The molecule has 38 heavy (non-hydrogen) atoms. The van der Waals surface area contributed by atoms with E-state index in [1.807, 2.05) is 19.9 Å². The number of nitrogens with zero attached hydrogens (tertiary/aromatic N) is 7. The number of halogens is 1. The maximum Gasteiger partial charge on any atom is 0.273 e. The number of aromatic nitrogens is 5. The first-order valence-corrected chi connectivity index (χ1v) is 13.1. The van der Waals surface area contributed by atoms with Crippen molar-refractivity contribution in [3.8, 4) is 6.07 Å². The lowest BCUT2D eigenvalue weighted by molar-refractivity contribution is -0.118. The number of fused-ring (bicyclic) bond motifs is 1. The maximum atomic E-state index is 12.9. The van der Waals surface area contributed by atoms with E-state index in [0.717, 1.165) is 12.0 Å². The minimum Gasteiger partial charge on any atom is -0.348 e. The molecule has 0 unspecified atom stereocenters. The largest absolute Gasteiger partial charge is 0.348 e. The standard InChI is InChI=1S/C27H27ClN8O2/c1-14-24(35-12-17-6-20(17)26(35)38)30-11-22(31-14)15(2)36-13-23(33-34-36)25(37)32-19-8-27(3,9-19)21-7-18(28)5-4-16(21)10-29/h4-5,7,11,13,15,17,19-20H,6,8-9,12H2,1-3H3,(H,32,37)/t15-,17-,19?,20-,27?/m1/s1. The van der Waals surface area contributed by atoms with E-state index in [0.29, 0.717) is 53.1 Å². The number of piperidine rings is 1. The van der Waals surface area contributed by atoms with Gasteiger partial charge in [-0.1, -0.05) is 23.7 Å². The Morgan fingerprint density at radius 1 is 1.34 bits per heavy atom. The van der Waals surface area contributed by atoms with E-state index in [9.17, 15) is 14.9 Å². The molecule has 1 aliphatic heterocycles. The van der Waals surface area contributed by atoms with Crippen molar-refractivity contribution in [2.24, 2.45) is 11.8 Å². The number of benzene rings is 1. The molecular weight excluding hydrogens is 504 g/mol. The predicted molar refractivity (Wildman–Crippen MR) is 139 cm³/mol. The average Bonchev–Trinajstić information content (AvgIpc) is 3.34. The molecule has 3 fully saturated rings. The number of rotatable bonds is 6. The highest BCUT2D eigenvalue weighted by Crippen LogP contribution is 2.47. The lowest BCUT2D eigenvalue weighted by Gasteiger charge is -2.46. The van der Waals surface area contributed by atoms with Crippen molar-refractivity contribution < 1.29 is 9.59 Å². The van der Waals surface area contributed by atoms with E-state index >= 15 is 0 Å². The van der Waals surface area contributed by atoms with Crippen LogP contribution < -0.4 is 10.2 Å². The number of hydrogen-bond acceptors (Lipinski definition) is 7. The van der Waals surface area contributed by atoms with Crippen LogP contribution in [0.15, 0.2) is 30.6 Å². The highest BCUT2D eigenvalue weighted by Gasteiger charge is 2.53. The summed E-state index contributed by atoms with van der Waals surface area (Å²) in [6, 6.07) is 7.19. The smallest absolute Gasteiger partial charge is 0.273 e. The van der Waals surface area contributed by atoms with Gasteiger partial charge in [0.05, 0.1) is 41.5 Å². The van der Waals surface area contributed by atoms with Gasteiger partial charge in [-0.25, -0.2) is 9.67 Å². The van der Waals surface area contributed by atoms with Gasteiger partial charge in [-0.15, -0.1) is 5.10 Å². The summed E-state index contributed by atoms with van der Waals surface area (Å²) in [4.78, 5) is 36.3. The summed E-state index contributed by atoms with van der Waals surface area (Å²) in [5, 5.41) is 21.3. The van der Waals surface area contributed by atoms with Crippen molar-refractivity contribution in [2.75, 3.05) is 11.4 Å². The summed E-state index contributed by atoms with van der Waals surface area (Å²) in [5.41, 5.74) is 2.86. The Hall–Kier alpha value is -3.84. The molecule has 10 nitrogen and oxygen atoms in total. The highest BCUT2D eigenvalue weighted by atomic mass is 35.5. The normalized spacial score (nSPS) is 26.3. The van der Waals surface area contributed by atoms with Crippen molar-refractivity contribution in [1.82, 2.24) is 30.3 Å². The van der Waals surface area contributed by atoms with Crippen LogP contribution in [0.1, 0.15) is 72.2 Å². The maximum absolute atomic E-state index is 12.9. The van der Waals surface area contributed by atoms with Gasteiger partial charge in [-0.2, -0.15) is 5.26 Å². The van der Waals surface area contributed by atoms with Crippen molar-refractivity contribution >= 4 is 29.2 Å². The molecule has 2 saturated carbocycles.